The lowest BCUT2D eigenvalue weighted by Gasteiger charge is -2.20. The zero-order valence-corrected chi connectivity index (χ0v) is 14.4. The van der Waals surface area contributed by atoms with Crippen LogP contribution in [0.15, 0.2) is 59.1 Å². The van der Waals surface area contributed by atoms with Crippen molar-refractivity contribution in [1.29, 1.82) is 0 Å². The standard InChI is InChI=1S/C18H21BrN2O/c1-13(11-18(22)21-17-9-4-3-5-10-17)20-14(2)15-7-6-8-16(19)12-15/h3-10,12-14,20H,11H2,1-2H3,(H,21,22)/t13-,14-/m1/s1. The predicted octanol–water partition coefficient (Wildman–Crippen LogP) is 4.52. The Morgan fingerprint density at radius 3 is 2.50 bits per heavy atom. The first-order valence-corrected chi connectivity index (χ1v) is 8.20. The summed E-state index contributed by atoms with van der Waals surface area (Å²) < 4.78 is 1.06. The molecule has 0 saturated carbocycles. The molecule has 0 spiro atoms. The lowest BCUT2D eigenvalue weighted by atomic mass is 10.1. The van der Waals surface area contributed by atoms with Gasteiger partial charge in [-0.15, -0.1) is 0 Å². The highest BCUT2D eigenvalue weighted by molar-refractivity contribution is 9.10. The predicted molar refractivity (Wildman–Crippen MR) is 94.8 cm³/mol. The summed E-state index contributed by atoms with van der Waals surface area (Å²) in [6.45, 7) is 4.13. The topological polar surface area (TPSA) is 41.1 Å². The van der Waals surface area contributed by atoms with E-state index in [1.807, 2.05) is 49.4 Å². The van der Waals surface area contributed by atoms with Gasteiger partial charge in [-0.05, 0) is 43.7 Å². The van der Waals surface area contributed by atoms with Gasteiger partial charge in [-0.2, -0.15) is 0 Å². The van der Waals surface area contributed by atoms with E-state index < -0.39 is 0 Å². The number of anilines is 1. The normalized spacial score (nSPS) is 13.4. The molecule has 0 radical (unpaired) electrons. The van der Waals surface area contributed by atoms with Crippen molar-refractivity contribution in [3.63, 3.8) is 0 Å². The number of para-hydroxylation sites is 1. The Hall–Kier alpha value is -1.65. The number of hydrogen-bond donors (Lipinski definition) is 2. The molecule has 4 heteroatoms. The maximum absolute atomic E-state index is 12.0. The number of nitrogens with one attached hydrogen (secondary N) is 2. The zero-order chi connectivity index (χ0) is 15.9. The van der Waals surface area contributed by atoms with Gasteiger partial charge in [-0.25, -0.2) is 0 Å². The van der Waals surface area contributed by atoms with Crippen LogP contribution in [0.5, 0.6) is 0 Å². The van der Waals surface area contributed by atoms with Crippen LogP contribution in [-0.4, -0.2) is 11.9 Å². The molecule has 0 aromatic heterocycles. The number of rotatable bonds is 6. The van der Waals surface area contributed by atoms with Crippen molar-refractivity contribution in [2.24, 2.45) is 0 Å². The lowest BCUT2D eigenvalue weighted by Crippen LogP contribution is -2.32. The van der Waals surface area contributed by atoms with E-state index in [4.69, 9.17) is 0 Å². The Labute approximate surface area is 140 Å². The van der Waals surface area contributed by atoms with Crippen molar-refractivity contribution in [1.82, 2.24) is 5.32 Å². The maximum Gasteiger partial charge on any atom is 0.225 e. The van der Waals surface area contributed by atoms with Gasteiger partial charge in [0.1, 0.15) is 0 Å². The molecule has 2 rings (SSSR count). The van der Waals surface area contributed by atoms with Gasteiger partial charge in [0.25, 0.3) is 0 Å². The fraction of sp³-hybridized carbons (Fsp3) is 0.278. The minimum Gasteiger partial charge on any atom is -0.326 e. The molecule has 0 saturated heterocycles. The van der Waals surface area contributed by atoms with E-state index in [1.165, 1.54) is 5.56 Å². The second-order valence-electron chi connectivity index (χ2n) is 5.46. The third-order valence-corrected chi connectivity index (χ3v) is 3.93. The van der Waals surface area contributed by atoms with Crippen molar-refractivity contribution in [3.05, 3.63) is 64.6 Å². The van der Waals surface area contributed by atoms with Crippen LogP contribution in [-0.2, 0) is 4.79 Å². The molecule has 0 fully saturated rings. The van der Waals surface area contributed by atoms with Gasteiger partial charge < -0.3 is 10.6 Å². The second kappa shape index (κ2) is 8.11. The highest BCUT2D eigenvalue weighted by Gasteiger charge is 2.13. The molecule has 0 aliphatic carbocycles. The maximum atomic E-state index is 12.0. The average Bonchev–Trinajstić information content (AvgIpc) is 2.47. The summed E-state index contributed by atoms with van der Waals surface area (Å²) in [6.07, 6.45) is 0.438. The number of amides is 1. The van der Waals surface area contributed by atoms with Gasteiger partial charge in [0, 0.05) is 28.7 Å². The quantitative estimate of drug-likeness (QED) is 0.795. The van der Waals surface area contributed by atoms with Crippen molar-refractivity contribution < 1.29 is 4.79 Å². The molecule has 2 aromatic rings. The highest BCUT2D eigenvalue weighted by atomic mass is 79.9. The van der Waals surface area contributed by atoms with E-state index >= 15 is 0 Å². The van der Waals surface area contributed by atoms with E-state index in [0.29, 0.717) is 6.42 Å². The second-order valence-corrected chi connectivity index (χ2v) is 6.38. The van der Waals surface area contributed by atoms with Crippen LogP contribution in [0.2, 0.25) is 0 Å². The van der Waals surface area contributed by atoms with Crippen LogP contribution in [0.1, 0.15) is 31.9 Å². The number of hydrogen-bond acceptors (Lipinski definition) is 2. The number of halogens is 1. The Bertz CT molecular complexity index is 615. The van der Waals surface area contributed by atoms with Gasteiger partial charge in [0.2, 0.25) is 5.91 Å². The van der Waals surface area contributed by atoms with Crippen LogP contribution < -0.4 is 10.6 Å². The molecule has 0 aliphatic heterocycles. The van der Waals surface area contributed by atoms with Gasteiger partial charge in [0.05, 0.1) is 0 Å². The first-order chi connectivity index (χ1) is 10.5. The first kappa shape index (κ1) is 16.7. The summed E-state index contributed by atoms with van der Waals surface area (Å²) in [6, 6.07) is 18.0. The summed E-state index contributed by atoms with van der Waals surface area (Å²) in [7, 11) is 0. The van der Waals surface area contributed by atoms with Crippen LogP contribution in [0.4, 0.5) is 5.69 Å². The molecular formula is C18H21BrN2O. The van der Waals surface area contributed by atoms with Gasteiger partial charge in [-0.1, -0.05) is 46.3 Å². The Morgan fingerprint density at radius 2 is 1.82 bits per heavy atom. The number of benzene rings is 2. The largest absolute Gasteiger partial charge is 0.326 e. The lowest BCUT2D eigenvalue weighted by molar-refractivity contribution is -0.116. The molecule has 0 aliphatic rings. The molecule has 3 nitrogen and oxygen atoms in total. The number of carbonyl (C=O) groups is 1. The molecule has 0 heterocycles. The Balaban J connectivity index is 1.84. The Kier molecular flexibility index (Phi) is 6.16. The van der Waals surface area contributed by atoms with E-state index in [1.54, 1.807) is 0 Å². The fourth-order valence-electron chi connectivity index (χ4n) is 2.37. The van der Waals surface area contributed by atoms with Crippen molar-refractivity contribution in [2.75, 3.05) is 5.32 Å². The van der Waals surface area contributed by atoms with Crippen LogP contribution in [0.25, 0.3) is 0 Å². The Morgan fingerprint density at radius 1 is 1.09 bits per heavy atom. The van der Waals surface area contributed by atoms with Crippen molar-refractivity contribution in [2.45, 2.75) is 32.4 Å². The minimum atomic E-state index is 0.0210. The SMILES string of the molecule is C[C@H](CC(=O)Nc1ccccc1)N[C@H](C)c1cccc(Br)c1. The molecule has 2 atom stereocenters. The first-order valence-electron chi connectivity index (χ1n) is 7.41. The monoisotopic (exact) mass is 360 g/mol. The van der Waals surface area contributed by atoms with Gasteiger partial charge >= 0.3 is 0 Å². The van der Waals surface area contributed by atoms with Gasteiger partial charge in [0.15, 0.2) is 0 Å². The highest BCUT2D eigenvalue weighted by Crippen LogP contribution is 2.18. The van der Waals surface area contributed by atoms with E-state index in [-0.39, 0.29) is 18.0 Å². The summed E-state index contributed by atoms with van der Waals surface area (Å²) in [5.74, 6) is 0.0210. The number of carbonyl (C=O) groups excluding carboxylic acids is 1. The van der Waals surface area contributed by atoms with Crippen molar-refractivity contribution in [3.8, 4) is 0 Å². The molecule has 0 bridgehead atoms. The van der Waals surface area contributed by atoms with Crippen molar-refractivity contribution >= 4 is 27.5 Å². The summed E-state index contributed by atoms with van der Waals surface area (Å²) in [5, 5.41) is 6.37. The average molecular weight is 361 g/mol. The third-order valence-electron chi connectivity index (χ3n) is 3.43. The minimum absolute atomic E-state index is 0.0210. The van der Waals surface area contributed by atoms with E-state index in [0.717, 1.165) is 10.2 Å². The van der Waals surface area contributed by atoms with Crippen LogP contribution in [0.3, 0.4) is 0 Å². The summed E-state index contributed by atoms with van der Waals surface area (Å²) >= 11 is 3.48. The van der Waals surface area contributed by atoms with Gasteiger partial charge in [-0.3, -0.25) is 4.79 Å². The third kappa shape index (κ3) is 5.28. The molecular weight excluding hydrogens is 340 g/mol. The van der Waals surface area contributed by atoms with Crippen LogP contribution in [0, 0.1) is 0 Å². The van der Waals surface area contributed by atoms with E-state index in [2.05, 4.69) is 45.6 Å². The molecule has 22 heavy (non-hydrogen) atoms. The summed E-state index contributed by atoms with van der Waals surface area (Å²) in [4.78, 5) is 12.0. The van der Waals surface area contributed by atoms with E-state index in [9.17, 15) is 4.79 Å². The molecule has 2 N–H and O–H groups in total. The van der Waals surface area contributed by atoms with Crippen LogP contribution >= 0.6 is 15.9 Å². The zero-order valence-electron chi connectivity index (χ0n) is 12.8. The summed E-state index contributed by atoms with van der Waals surface area (Å²) in [5.41, 5.74) is 2.03. The molecule has 1 amide bonds. The fourth-order valence-corrected chi connectivity index (χ4v) is 2.79. The smallest absolute Gasteiger partial charge is 0.225 e. The molecule has 116 valence electrons. The molecule has 2 aromatic carbocycles. The molecule has 0 unspecified atom stereocenters.